The van der Waals surface area contributed by atoms with Crippen LogP contribution in [-0.4, -0.2) is 21.4 Å². The van der Waals surface area contributed by atoms with Gasteiger partial charge in [0, 0.05) is 5.39 Å². The van der Waals surface area contributed by atoms with E-state index >= 15 is 0 Å². The van der Waals surface area contributed by atoms with Crippen molar-refractivity contribution >= 4 is 65.4 Å². The molecule has 0 saturated carbocycles. The second kappa shape index (κ2) is 11.8. The van der Waals surface area contributed by atoms with Gasteiger partial charge in [0.1, 0.15) is 16.3 Å². The van der Waals surface area contributed by atoms with Crippen molar-refractivity contribution in [1.29, 1.82) is 0 Å². The second-order valence-corrected chi connectivity index (χ2v) is 11.6. The van der Waals surface area contributed by atoms with Crippen LogP contribution in [0.2, 0.25) is 5.02 Å². The number of azo groups is 1. The number of anilines is 2. The Morgan fingerprint density at radius 2 is 1.72 bits per heavy atom. The molecular weight excluding hydrogens is 579 g/mol. The molecule has 4 rings (SSSR count). The third kappa shape index (κ3) is 6.70. The van der Waals surface area contributed by atoms with Crippen molar-refractivity contribution in [3.8, 4) is 5.75 Å². The van der Waals surface area contributed by atoms with Gasteiger partial charge in [0.15, 0.2) is 0 Å². The van der Waals surface area contributed by atoms with E-state index in [1.165, 1.54) is 30.3 Å². The zero-order valence-corrected chi connectivity index (χ0v) is 25.2. The monoisotopic (exact) mass is 598 g/mol. The predicted octanol–water partition coefficient (Wildman–Crippen LogP) is 2.16. The molecule has 0 spiro atoms. The molecule has 4 N–H and O–H groups in total. The quantitative estimate of drug-likeness (QED) is 0.0943. The first-order valence-corrected chi connectivity index (χ1v) is 14.0. The van der Waals surface area contributed by atoms with Gasteiger partial charge in [0.2, 0.25) is 0 Å². The normalized spacial score (nSPS) is 12.0. The van der Waals surface area contributed by atoms with Gasteiger partial charge < -0.3 is 10.8 Å². The molecule has 4 aromatic rings. The SMILES string of the molecule is Cc1ccc(NOS(=O)(=O)c2cccc(N=Nc3c(N)ccc4cc(S(=O)(=O)O)cc([O-])c34)c2Cl)c(C)c1.[Na+]. The largest absolute Gasteiger partial charge is 1.00 e. The summed E-state index contributed by atoms with van der Waals surface area (Å²) in [5.41, 5.74) is 10.5. The average molecular weight is 599 g/mol. The molecule has 0 atom stereocenters. The minimum absolute atomic E-state index is 0. The Kier molecular flexibility index (Phi) is 9.30. The van der Waals surface area contributed by atoms with E-state index in [0.717, 1.165) is 23.3 Å². The molecule has 0 bridgehead atoms. The van der Waals surface area contributed by atoms with Gasteiger partial charge in [-0.2, -0.15) is 16.8 Å². The van der Waals surface area contributed by atoms with E-state index in [0.29, 0.717) is 5.69 Å². The fourth-order valence-electron chi connectivity index (χ4n) is 3.60. The van der Waals surface area contributed by atoms with Crippen molar-refractivity contribution in [3.05, 3.63) is 76.8 Å². The van der Waals surface area contributed by atoms with Crippen LogP contribution in [0.25, 0.3) is 10.8 Å². The fourth-order valence-corrected chi connectivity index (χ4v) is 5.44. The minimum Gasteiger partial charge on any atom is -0.872 e. The summed E-state index contributed by atoms with van der Waals surface area (Å²) in [6.07, 6.45) is 0. The Labute approximate surface area is 251 Å². The molecule has 0 aromatic heterocycles. The molecule has 0 aliphatic rings. The Hall–Kier alpha value is -2.75. The van der Waals surface area contributed by atoms with Crippen LogP contribution in [0.1, 0.15) is 11.1 Å². The van der Waals surface area contributed by atoms with Gasteiger partial charge in [-0.3, -0.25) is 4.55 Å². The Morgan fingerprint density at radius 3 is 2.38 bits per heavy atom. The number of nitrogens with zero attached hydrogens (tertiary/aromatic N) is 2. The van der Waals surface area contributed by atoms with E-state index in [4.69, 9.17) is 21.6 Å². The van der Waals surface area contributed by atoms with Crippen molar-refractivity contribution in [3.63, 3.8) is 0 Å². The van der Waals surface area contributed by atoms with Gasteiger partial charge in [-0.15, -0.1) is 14.5 Å². The van der Waals surface area contributed by atoms with E-state index in [2.05, 4.69) is 15.7 Å². The third-order valence-corrected chi connectivity index (χ3v) is 7.99. The number of aryl methyl sites for hydroxylation is 2. The molecule has 0 heterocycles. The number of fused-ring (bicyclic) bond motifs is 1. The maximum Gasteiger partial charge on any atom is 1.00 e. The fraction of sp³-hybridized carbons (Fsp3) is 0.0833. The van der Waals surface area contributed by atoms with Gasteiger partial charge in [-0.25, -0.2) is 5.48 Å². The van der Waals surface area contributed by atoms with Crippen LogP contribution in [0.4, 0.5) is 22.7 Å². The summed E-state index contributed by atoms with van der Waals surface area (Å²) in [6.45, 7) is 3.68. The Bertz CT molecular complexity index is 1830. The Balaban J connectivity index is 0.00000420. The third-order valence-electron chi connectivity index (χ3n) is 5.47. The van der Waals surface area contributed by atoms with Crippen molar-refractivity contribution in [1.82, 2.24) is 0 Å². The van der Waals surface area contributed by atoms with Gasteiger partial charge >= 0.3 is 39.7 Å². The molecular formula is C24H20ClN4NaO7S2. The second-order valence-electron chi connectivity index (χ2n) is 8.25. The van der Waals surface area contributed by atoms with E-state index in [1.807, 2.05) is 13.0 Å². The van der Waals surface area contributed by atoms with E-state index in [9.17, 15) is 26.5 Å². The van der Waals surface area contributed by atoms with Crippen LogP contribution in [0, 0.1) is 13.8 Å². The standard InChI is InChI=1S/C24H21ClN4O7S2.Na/c1-13-6-9-18(14(2)10-13)29-36-38(34,35)21-5-3-4-19(23(21)25)27-28-24-17(26)8-7-15-11-16(37(31,32)33)12-20(30)22(15)24;/h3-12,29-30H,26H2,1-2H3,(H,31,32,33);/q;+1/p-1. The van der Waals surface area contributed by atoms with Crippen molar-refractivity contribution < 1.29 is 60.3 Å². The van der Waals surface area contributed by atoms with Crippen LogP contribution < -0.4 is 45.9 Å². The van der Waals surface area contributed by atoms with Gasteiger partial charge in [0.25, 0.3) is 10.1 Å². The summed E-state index contributed by atoms with van der Waals surface area (Å²) in [4.78, 5) is -0.973. The summed E-state index contributed by atoms with van der Waals surface area (Å²) >= 11 is 6.33. The number of nitrogen functional groups attached to an aromatic ring is 1. The zero-order valence-electron chi connectivity index (χ0n) is 20.8. The summed E-state index contributed by atoms with van der Waals surface area (Å²) in [5.74, 6) is -0.773. The average Bonchev–Trinajstić information content (AvgIpc) is 2.83. The molecule has 0 fully saturated rings. The van der Waals surface area contributed by atoms with Crippen molar-refractivity contribution in [2.45, 2.75) is 23.6 Å². The smallest absolute Gasteiger partial charge is 0.872 e. The number of hydrogen-bond donors (Lipinski definition) is 3. The molecule has 0 aliphatic heterocycles. The van der Waals surface area contributed by atoms with E-state index < -0.39 is 30.9 Å². The molecule has 0 aliphatic carbocycles. The molecule has 198 valence electrons. The molecule has 0 saturated heterocycles. The number of hydrogen-bond acceptors (Lipinski definition) is 10. The number of nitrogens with two attached hydrogens (primary N) is 1. The van der Waals surface area contributed by atoms with Crippen molar-refractivity contribution in [2.75, 3.05) is 11.2 Å². The predicted molar refractivity (Wildman–Crippen MR) is 141 cm³/mol. The van der Waals surface area contributed by atoms with Crippen LogP contribution in [0.15, 0.2) is 80.7 Å². The van der Waals surface area contributed by atoms with Crippen LogP contribution in [0.3, 0.4) is 0 Å². The molecule has 0 amide bonds. The van der Waals surface area contributed by atoms with Crippen LogP contribution >= 0.6 is 11.6 Å². The first-order chi connectivity index (χ1) is 17.8. The van der Waals surface area contributed by atoms with E-state index in [-0.39, 0.29) is 67.3 Å². The number of rotatable bonds is 7. The summed E-state index contributed by atoms with van der Waals surface area (Å²) in [5, 5.41) is 20.4. The zero-order chi connectivity index (χ0) is 27.8. The summed E-state index contributed by atoms with van der Waals surface area (Å²) in [7, 11) is -9.01. The first-order valence-electron chi connectivity index (χ1n) is 10.8. The van der Waals surface area contributed by atoms with Gasteiger partial charge in [-0.05, 0) is 61.2 Å². The number of halogens is 1. The Morgan fingerprint density at radius 1 is 1.00 bits per heavy atom. The van der Waals surface area contributed by atoms with Gasteiger partial charge in [0.05, 0.1) is 21.3 Å². The molecule has 0 radical (unpaired) electrons. The van der Waals surface area contributed by atoms with Crippen LogP contribution in [0.5, 0.6) is 5.75 Å². The number of benzene rings is 4. The maximum absolute atomic E-state index is 12.8. The summed E-state index contributed by atoms with van der Waals surface area (Å²) in [6, 6.07) is 13.9. The topological polar surface area (TPSA) is 184 Å². The van der Waals surface area contributed by atoms with Gasteiger partial charge in [-0.1, -0.05) is 47.2 Å². The molecule has 15 heteroatoms. The van der Waals surface area contributed by atoms with Crippen molar-refractivity contribution in [2.24, 2.45) is 10.2 Å². The van der Waals surface area contributed by atoms with E-state index in [1.54, 1.807) is 19.1 Å². The molecule has 0 unspecified atom stereocenters. The molecule has 39 heavy (non-hydrogen) atoms. The molecule has 11 nitrogen and oxygen atoms in total. The van der Waals surface area contributed by atoms with Crippen LogP contribution in [-0.2, 0) is 24.5 Å². The molecule has 4 aromatic carbocycles. The maximum atomic E-state index is 12.8. The minimum atomic E-state index is -4.62. The number of nitrogens with one attached hydrogen (secondary N) is 1. The first kappa shape index (κ1) is 30.8. The summed E-state index contributed by atoms with van der Waals surface area (Å²) < 4.78 is 62.9.